The number of unbranched alkanes of at least 4 members (excludes halogenated alkanes) is 1. The first-order valence-corrected chi connectivity index (χ1v) is 6.57. The van der Waals surface area contributed by atoms with Gasteiger partial charge >= 0.3 is 12.1 Å². The van der Waals surface area contributed by atoms with E-state index in [4.69, 9.17) is 9.84 Å². The minimum Gasteiger partial charge on any atom is -0.484 e. The van der Waals surface area contributed by atoms with Gasteiger partial charge in [0.15, 0.2) is 6.61 Å². The molecule has 0 atom stereocenters. The van der Waals surface area contributed by atoms with Crippen molar-refractivity contribution in [1.29, 1.82) is 0 Å². The normalized spacial score (nSPS) is 11.0. The van der Waals surface area contributed by atoms with Gasteiger partial charge < -0.3 is 15.2 Å². The summed E-state index contributed by atoms with van der Waals surface area (Å²) in [5, 5.41) is 10.9. The summed E-state index contributed by atoms with van der Waals surface area (Å²) in [6.07, 6.45) is -3.39. The van der Waals surface area contributed by atoms with Crippen LogP contribution in [0, 0.1) is 0 Å². The van der Waals surface area contributed by atoms with Crippen molar-refractivity contribution in [2.75, 3.05) is 13.2 Å². The number of amides is 1. The first kappa shape index (κ1) is 17.8. The van der Waals surface area contributed by atoms with Gasteiger partial charge in [0.05, 0.1) is 5.56 Å². The summed E-state index contributed by atoms with van der Waals surface area (Å²) in [7, 11) is 0. The van der Waals surface area contributed by atoms with Crippen LogP contribution in [0.15, 0.2) is 24.3 Å². The zero-order valence-electron chi connectivity index (χ0n) is 11.7. The maximum Gasteiger partial charge on any atom is 0.416 e. The number of nitrogens with one attached hydrogen (secondary N) is 1. The number of carboxylic acid groups (broad SMARTS) is 1. The van der Waals surface area contributed by atoms with E-state index in [2.05, 4.69) is 5.32 Å². The number of benzene rings is 1. The molecule has 0 bridgehead atoms. The van der Waals surface area contributed by atoms with E-state index < -0.39 is 23.6 Å². The predicted octanol–water partition coefficient (Wildman–Crippen LogP) is 2.46. The number of carbonyl (C=O) groups excluding carboxylic acids is 1. The van der Waals surface area contributed by atoms with Gasteiger partial charge in [0.2, 0.25) is 0 Å². The lowest BCUT2D eigenvalue weighted by Gasteiger charge is -2.09. The topological polar surface area (TPSA) is 75.6 Å². The molecule has 0 heterocycles. The van der Waals surface area contributed by atoms with Crippen molar-refractivity contribution >= 4 is 11.9 Å². The van der Waals surface area contributed by atoms with Crippen LogP contribution >= 0.6 is 0 Å². The number of ether oxygens (including phenoxy) is 1. The zero-order chi connectivity index (χ0) is 16.6. The van der Waals surface area contributed by atoms with Crippen LogP contribution in [0.5, 0.6) is 5.75 Å². The summed E-state index contributed by atoms with van der Waals surface area (Å²) in [6, 6.07) is 4.03. The van der Waals surface area contributed by atoms with Crippen molar-refractivity contribution in [3.05, 3.63) is 29.8 Å². The van der Waals surface area contributed by atoms with E-state index in [-0.39, 0.29) is 18.8 Å². The number of hydrogen-bond acceptors (Lipinski definition) is 3. The summed E-state index contributed by atoms with van der Waals surface area (Å²) >= 11 is 0. The van der Waals surface area contributed by atoms with E-state index in [9.17, 15) is 22.8 Å². The van der Waals surface area contributed by atoms with Gasteiger partial charge in [0.1, 0.15) is 5.75 Å². The predicted molar refractivity (Wildman–Crippen MR) is 71.4 cm³/mol. The van der Waals surface area contributed by atoms with Crippen LogP contribution < -0.4 is 10.1 Å². The maximum absolute atomic E-state index is 12.3. The highest BCUT2D eigenvalue weighted by molar-refractivity contribution is 5.77. The maximum atomic E-state index is 12.3. The first-order valence-electron chi connectivity index (χ1n) is 6.57. The van der Waals surface area contributed by atoms with E-state index in [1.54, 1.807) is 0 Å². The molecule has 122 valence electrons. The number of carboxylic acids is 1. The third-order valence-corrected chi connectivity index (χ3v) is 2.69. The molecule has 0 aliphatic carbocycles. The second kappa shape index (κ2) is 8.26. The van der Waals surface area contributed by atoms with Gasteiger partial charge in [-0.15, -0.1) is 0 Å². The molecule has 1 aromatic rings. The molecule has 0 saturated carbocycles. The molecule has 5 nitrogen and oxygen atoms in total. The van der Waals surface area contributed by atoms with Gasteiger partial charge in [-0.1, -0.05) is 0 Å². The second-order valence-corrected chi connectivity index (χ2v) is 4.51. The molecule has 0 aromatic heterocycles. The van der Waals surface area contributed by atoms with E-state index in [1.807, 2.05) is 0 Å². The average molecular weight is 319 g/mol. The molecule has 1 rings (SSSR count). The Morgan fingerprint density at radius 2 is 1.77 bits per heavy atom. The summed E-state index contributed by atoms with van der Waals surface area (Å²) < 4.78 is 42.1. The number of rotatable bonds is 8. The van der Waals surface area contributed by atoms with Crippen LogP contribution in [0.2, 0.25) is 0 Å². The third kappa shape index (κ3) is 6.96. The van der Waals surface area contributed by atoms with Crippen molar-refractivity contribution in [2.45, 2.75) is 25.4 Å². The van der Waals surface area contributed by atoms with Crippen LogP contribution in [0.4, 0.5) is 13.2 Å². The smallest absolute Gasteiger partial charge is 0.416 e. The van der Waals surface area contributed by atoms with Crippen molar-refractivity contribution < 1.29 is 32.6 Å². The number of hydrogen-bond donors (Lipinski definition) is 2. The van der Waals surface area contributed by atoms with Gasteiger partial charge in [-0.3, -0.25) is 9.59 Å². The Morgan fingerprint density at radius 1 is 1.14 bits per heavy atom. The molecular formula is C14H16F3NO4. The Kier molecular flexibility index (Phi) is 6.68. The highest BCUT2D eigenvalue weighted by Crippen LogP contribution is 2.30. The minimum atomic E-state index is -4.41. The highest BCUT2D eigenvalue weighted by atomic mass is 19.4. The summed E-state index contributed by atoms with van der Waals surface area (Å²) in [5.74, 6) is -1.15. The van der Waals surface area contributed by atoms with Crippen LogP contribution in [-0.4, -0.2) is 30.1 Å². The first-order chi connectivity index (χ1) is 10.3. The number of alkyl halides is 3. The molecule has 1 aromatic carbocycles. The van der Waals surface area contributed by atoms with Gasteiger partial charge in [-0.05, 0) is 37.1 Å². The van der Waals surface area contributed by atoms with Crippen LogP contribution in [0.3, 0.4) is 0 Å². The molecule has 22 heavy (non-hydrogen) atoms. The molecule has 0 spiro atoms. The SMILES string of the molecule is O=C(O)CCCCNC(=O)COc1ccc(C(F)(F)F)cc1. The number of carbonyl (C=O) groups is 2. The van der Waals surface area contributed by atoms with E-state index in [0.717, 1.165) is 24.3 Å². The van der Waals surface area contributed by atoms with Gasteiger partial charge in [-0.25, -0.2) is 0 Å². The lowest BCUT2D eigenvalue weighted by atomic mass is 10.2. The van der Waals surface area contributed by atoms with E-state index in [1.165, 1.54) is 0 Å². The molecule has 2 N–H and O–H groups in total. The largest absolute Gasteiger partial charge is 0.484 e. The summed E-state index contributed by atoms with van der Waals surface area (Å²) in [6.45, 7) is 0.00673. The Balaban J connectivity index is 2.25. The molecule has 8 heteroatoms. The van der Waals surface area contributed by atoms with Crippen molar-refractivity contribution in [1.82, 2.24) is 5.32 Å². The zero-order valence-corrected chi connectivity index (χ0v) is 11.7. The number of aliphatic carboxylic acids is 1. The second-order valence-electron chi connectivity index (χ2n) is 4.51. The Hall–Kier alpha value is -2.25. The third-order valence-electron chi connectivity index (χ3n) is 2.69. The fourth-order valence-corrected chi connectivity index (χ4v) is 1.57. The minimum absolute atomic E-state index is 0.0396. The molecular weight excluding hydrogens is 303 g/mol. The van der Waals surface area contributed by atoms with Crippen molar-refractivity contribution in [3.8, 4) is 5.75 Å². The quantitative estimate of drug-likeness (QED) is 0.722. The van der Waals surface area contributed by atoms with Crippen LogP contribution in [-0.2, 0) is 15.8 Å². The molecule has 1 amide bonds. The van der Waals surface area contributed by atoms with Crippen LogP contribution in [0.25, 0.3) is 0 Å². The van der Waals surface area contributed by atoms with E-state index >= 15 is 0 Å². The molecule has 0 unspecified atom stereocenters. The molecule has 0 aliphatic heterocycles. The van der Waals surface area contributed by atoms with Crippen LogP contribution in [0.1, 0.15) is 24.8 Å². The lowest BCUT2D eigenvalue weighted by molar-refractivity contribution is -0.138. The monoisotopic (exact) mass is 319 g/mol. The Bertz CT molecular complexity index is 500. The number of halogens is 3. The van der Waals surface area contributed by atoms with E-state index in [0.29, 0.717) is 19.4 Å². The average Bonchev–Trinajstić information content (AvgIpc) is 2.44. The standard InChI is InChI=1S/C14H16F3NO4/c15-14(16,17)10-4-6-11(7-5-10)22-9-12(19)18-8-2-1-3-13(20)21/h4-7H,1-3,8-9H2,(H,18,19)(H,20,21). The Morgan fingerprint density at radius 3 is 2.32 bits per heavy atom. The van der Waals surface area contributed by atoms with Gasteiger partial charge in [0, 0.05) is 13.0 Å². The van der Waals surface area contributed by atoms with Crippen molar-refractivity contribution in [3.63, 3.8) is 0 Å². The van der Waals surface area contributed by atoms with Crippen molar-refractivity contribution in [2.24, 2.45) is 0 Å². The summed E-state index contributed by atoms with van der Waals surface area (Å²) in [4.78, 5) is 21.7. The molecule has 0 saturated heterocycles. The molecule has 0 radical (unpaired) electrons. The van der Waals surface area contributed by atoms with Gasteiger partial charge in [-0.2, -0.15) is 13.2 Å². The molecule has 0 fully saturated rings. The highest BCUT2D eigenvalue weighted by Gasteiger charge is 2.30. The lowest BCUT2D eigenvalue weighted by Crippen LogP contribution is -2.29. The Labute approximate surface area is 125 Å². The fourth-order valence-electron chi connectivity index (χ4n) is 1.57. The van der Waals surface area contributed by atoms with Gasteiger partial charge in [0.25, 0.3) is 5.91 Å². The fraction of sp³-hybridized carbons (Fsp3) is 0.429. The summed E-state index contributed by atoms with van der Waals surface area (Å²) in [5.41, 5.74) is -0.789. The molecule has 0 aliphatic rings.